The van der Waals surface area contributed by atoms with E-state index in [0.29, 0.717) is 29.2 Å². The summed E-state index contributed by atoms with van der Waals surface area (Å²) in [4.78, 5) is 20.6. The van der Waals surface area contributed by atoms with Crippen LogP contribution in [0, 0.1) is 0 Å². The van der Waals surface area contributed by atoms with E-state index in [1.54, 1.807) is 27.5 Å². The van der Waals surface area contributed by atoms with Crippen molar-refractivity contribution < 1.29 is 19.0 Å². The van der Waals surface area contributed by atoms with Crippen LogP contribution in [0.3, 0.4) is 0 Å². The third kappa shape index (κ3) is 4.96. The molecule has 2 aromatic carbocycles. The summed E-state index contributed by atoms with van der Waals surface area (Å²) in [6.45, 7) is 0. The van der Waals surface area contributed by atoms with E-state index in [1.807, 2.05) is 42.5 Å². The van der Waals surface area contributed by atoms with Crippen molar-refractivity contribution in [1.29, 1.82) is 0 Å². The van der Waals surface area contributed by atoms with Gasteiger partial charge >= 0.3 is 0 Å². The lowest BCUT2D eigenvalue weighted by Gasteiger charge is -2.14. The molecule has 0 atom stereocenters. The summed E-state index contributed by atoms with van der Waals surface area (Å²) in [5.74, 6) is 1.87. The molecule has 1 aromatic heterocycles. The number of rotatable bonds is 8. The van der Waals surface area contributed by atoms with Gasteiger partial charge in [-0.2, -0.15) is 4.98 Å². The minimum atomic E-state index is -0.210. The monoisotopic (exact) mass is 408 g/mol. The molecule has 156 valence electrons. The second kappa shape index (κ2) is 9.60. The lowest BCUT2D eigenvalue weighted by molar-refractivity contribution is -0.115. The average Bonchev–Trinajstić information content (AvgIpc) is 2.75. The molecule has 0 aliphatic carbocycles. The number of amides is 1. The summed E-state index contributed by atoms with van der Waals surface area (Å²) in [5.41, 5.74) is 8.61. The molecule has 8 nitrogen and oxygen atoms in total. The molecule has 0 fully saturated rings. The van der Waals surface area contributed by atoms with E-state index in [-0.39, 0.29) is 24.1 Å². The number of methoxy groups -OCH3 is 3. The fraction of sp³-hybridized carbons (Fsp3) is 0.227. The van der Waals surface area contributed by atoms with E-state index in [0.717, 1.165) is 11.1 Å². The summed E-state index contributed by atoms with van der Waals surface area (Å²) in [7, 11) is 4.67. The highest BCUT2D eigenvalue weighted by atomic mass is 16.5. The zero-order valence-electron chi connectivity index (χ0n) is 17.1. The van der Waals surface area contributed by atoms with Crippen LogP contribution in [0.25, 0.3) is 0 Å². The highest BCUT2D eigenvalue weighted by Crippen LogP contribution is 2.38. The molecule has 1 heterocycles. The van der Waals surface area contributed by atoms with Gasteiger partial charge in [-0.05, 0) is 23.3 Å². The highest BCUT2D eigenvalue weighted by Gasteiger charge is 2.15. The Labute approximate surface area is 175 Å². The maximum absolute atomic E-state index is 12.2. The highest BCUT2D eigenvalue weighted by molar-refractivity contribution is 5.90. The molecule has 3 rings (SSSR count). The zero-order valence-corrected chi connectivity index (χ0v) is 17.1. The maximum Gasteiger partial charge on any atom is 0.231 e. The van der Waals surface area contributed by atoms with Crippen molar-refractivity contribution in [2.24, 2.45) is 0 Å². The van der Waals surface area contributed by atoms with Gasteiger partial charge in [0.1, 0.15) is 5.82 Å². The molecular formula is C22H24N4O4. The summed E-state index contributed by atoms with van der Waals surface area (Å²) in [5, 5.41) is 2.68. The Hall–Kier alpha value is -3.81. The average molecular weight is 408 g/mol. The van der Waals surface area contributed by atoms with Crippen LogP contribution >= 0.6 is 0 Å². The van der Waals surface area contributed by atoms with Crippen molar-refractivity contribution in [2.75, 3.05) is 32.4 Å². The van der Waals surface area contributed by atoms with Crippen LogP contribution in [0.15, 0.2) is 48.7 Å². The Kier molecular flexibility index (Phi) is 6.69. The van der Waals surface area contributed by atoms with Crippen LogP contribution in [0.2, 0.25) is 0 Å². The molecule has 0 unspecified atom stereocenters. The molecule has 0 spiro atoms. The SMILES string of the molecule is COc1cc(Cc2cnc(NC(=O)Cc3ccccc3)nc2N)cc(OC)c1OC. The van der Waals surface area contributed by atoms with E-state index in [2.05, 4.69) is 15.3 Å². The van der Waals surface area contributed by atoms with Crippen LogP contribution in [-0.4, -0.2) is 37.2 Å². The fourth-order valence-electron chi connectivity index (χ4n) is 3.02. The summed E-state index contributed by atoms with van der Waals surface area (Å²) in [6, 6.07) is 13.1. The smallest absolute Gasteiger partial charge is 0.231 e. The van der Waals surface area contributed by atoms with Gasteiger partial charge in [-0.3, -0.25) is 10.1 Å². The predicted molar refractivity (Wildman–Crippen MR) is 114 cm³/mol. The van der Waals surface area contributed by atoms with Crippen LogP contribution in [-0.2, 0) is 17.6 Å². The van der Waals surface area contributed by atoms with E-state index in [1.165, 1.54) is 0 Å². The van der Waals surface area contributed by atoms with E-state index < -0.39 is 0 Å². The third-order valence-electron chi connectivity index (χ3n) is 4.48. The van der Waals surface area contributed by atoms with Crippen molar-refractivity contribution in [1.82, 2.24) is 9.97 Å². The van der Waals surface area contributed by atoms with Gasteiger partial charge in [0.15, 0.2) is 11.5 Å². The number of nitrogens with zero attached hydrogens (tertiary/aromatic N) is 2. The molecule has 0 bridgehead atoms. The molecule has 0 aliphatic rings. The molecule has 0 saturated carbocycles. The van der Waals surface area contributed by atoms with Crippen molar-refractivity contribution in [3.8, 4) is 17.2 Å². The second-order valence-corrected chi connectivity index (χ2v) is 6.53. The molecule has 0 radical (unpaired) electrons. The fourth-order valence-corrected chi connectivity index (χ4v) is 3.02. The molecule has 3 aromatic rings. The molecule has 3 N–H and O–H groups in total. The lowest BCUT2D eigenvalue weighted by atomic mass is 10.1. The number of benzene rings is 2. The van der Waals surface area contributed by atoms with E-state index in [9.17, 15) is 4.79 Å². The lowest BCUT2D eigenvalue weighted by Crippen LogP contribution is -2.17. The minimum absolute atomic E-state index is 0.169. The Morgan fingerprint density at radius 3 is 2.23 bits per heavy atom. The largest absolute Gasteiger partial charge is 0.493 e. The molecule has 0 saturated heterocycles. The van der Waals surface area contributed by atoms with Gasteiger partial charge in [0.2, 0.25) is 17.6 Å². The molecule has 1 amide bonds. The maximum atomic E-state index is 12.2. The summed E-state index contributed by atoms with van der Waals surface area (Å²) >= 11 is 0. The van der Waals surface area contributed by atoms with Crippen LogP contribution in [0.4, 0.5) is 11.8 Å². The van der Waals surface area contributed by atoms with Gasteiger partial charge in [-0.15, -0.1) is 0 Å². The molecular weight excluding hydrogens is 384 g/mol. The van der Waals surface area contributed by atoms with Crippen molar-refractivity contribution in [2.45, 2.75) is 12.8 Å². The Morgan fingerprint density at radius 2 is 1.67 bits per heavy atom. The normalized spacial score (nSPS) is 10.4. The first-order chi connectivity index (χ1) is 14.5. The van der Waals surface area contributed by atoms with Gasteiger partial charge in [0.25, 0.3) is 0 Å². The Morgan fingerprint density at radius 1 is 1.00 bits per heavy atom. The number of hydrogen-bond donors (Lipinski definition) is 2. The van der Waals surface area contributed by atoms with Crippen molar-refractivity contribution in [3.63, 3.8) is 0 Å². The van der Waals surface area contributed by atoms with Gasteiger partial charge in [0.05, 0.1) is 27.8 Å². The first kappa shape index (κ1) is 20.9. The third-order valence-corrected chi connectivity index (χ3v) is 4.48. The standard InChI is InChI=1S/C22H24N4O4/c1-28-17-10-15(11-18(29-2)20(17)30-3)9-16-13-24-22(26-21(16)23)25-19(27)12-14-7-5-4-6-8-14/h4-8,10-11,13H,9,12H2,1-3H3,(H3,23,24,25,26,27). The molecule has 30 heavy (non-hydrogen) atoms. The first-order valence-electron chi connectivity index (χ1n) is 9.28. The van der Waals surface area contributed by atoms with Gasteiger partial charge in [0, 0.05) is 18.2 Å². The number of carbonyl (C=O) groups excluding carboxylic acids is 1. The Bertz CT molecular complexity index is 1000. The van der Waals surface area contributed by atoms with Crippen molar-refractivity contribution >= 4 is 17.7 Å². The number of carbonyl (C=O) groups is 1. The second-order valence-electron chi connectivity index (χ2n) is 6.53. The zero-order chi connectivity index (χ0) is 21.5. The molecule has 0 aliphatic heterocycles. The van der Waals surface area contributed by atoms with E-state index in [4.69, 9.17) is 19.9 Å². The number of ether oxygens (including phenoxy) is 3. The number of anilines is 2. The van der Waals surface area contributed by atoms with Gasteiger partial charge in [-0.1, -0.05) is 30.3 Å². The summed E-state index contributed by atoms with van der Waals surface area (Å²) < 4.78 is 16.1. The van der Waals surface area contributed by atoms with Crippen molar-refractivity contribution in [3.05, 3.63) is 65.4 Å². The van der Waals surface area contributed by atoms with E-state index >= 15 is 0 Å². The van der Waals surface area contributed by atoms with Crippen LogP contribution < -0.4 is 25.3 Å². The predicted octanol–water partition coefficient (Wildman–Crippen LogP) is 2.86. The summed E-state index contributed by atoms with van der Waals surface area (Å²) in [6.07, 6.45) is 2.29. The molecule has 8 heteroatoms. The minimum Gasteiger partial charge on any atom is -0.493 e. The van der Waals surface area contributed by atoms with Gasteiger partial charge in [-0.25, -0.2) is 4.98 Å². The number of nitrogens with one attached hydrogen (secondary N) is 1. The number of hydrogen-bond acceptors (Lipinski definition) is 7. The number of nitrogen functional groups attached to an aromatic ring is 1. The van der Waals surface area contributed by atoms with Gasteiger partial charge < -0.3 is 19.9 Å². The number of nitrogens with two attached hydrogens (primary N) is 1. The topological polar surface area (TPSA) is 109 Å². The Balaban J connectivity index is 1.73. The van der Waals surface area contributed by atoms with Crippen LogP contribution in [0.1, 0.15) is 16.7 Å². The number of aromatic nitrogens is 2. The van der Waals surface area contributed by atoms with Crippen LogP contribution in [0.5, 0.6) is 17.2 Å². The first-order valence-corrected chi connectivity index (χ1v) is 9.28. The quantitative estimate of drug-likeness (QED) is 0.590.